The summed E-state index contributed by atoms with van der Waals surface area (Å²) in [7, 11) is -1.25. The lowest BCUT2D eigenvalue weighted by atomic mass is 10.3. The number of sulfonamides is 1. The first kappa shape index (κ1) is 11.5. The Hall–Kier alpha value is -0.590. The number of rotatable bonds is 5. The molecule has 1 aromatic heterocycles. The number of likely N-dealkylation sites (N-methyl/N-ethyl adjacent to an activating group) is 1. The number of hydrogen-bond acceptors (Lipinski definition) is 4. The summed E-state index contributed by atoms with van der Waals surface area (Å²) in [5.74, 6) is 0. The average Bonchev–Trinajstić information content (AvgIpc) is 2.46. The monoisotopic (exact) mass is 234 g/mol. The fourth-order valence-electron chi connectivity index (χ4n) is 1.03. The minimum Gasteiger partial charge on any atom is -0.319 e. The highest BCUT2D eigenvalue weighted by Gasteiger charge is 2.04. The molecule has 0 aliphatic heterocycles. The van der Waals surface area contributed by atoms with Gasteiger partial charge in [0, 0.05) is 10.3 Å². The molecule has 4 nitrogen and oxygen atoms in total. The molecule has 1 rings (SSSR count). The van der Waals surface area contributed by atoms with E-state index in [2.05, 4.69) is 10.0 Å². The molecule has 0 bridgehead atoms. The van der Waals surface area contributed by atoms with E-state index in [0.717, 1.165) is 19.2 Å². The van der Waals surface area contributed by atoms with Crippen LogP contribution in [0.2, 0.25) is 0 Å². The van der Waals surface area contributed by atoms with Crippen molar-refractivity contribution in [2.45, 2.75) is 6.42 Å². The van der Waals surface area contributed by atoms with Gasteiger partial charge in [0.15, 0.2) is 0 Å². The molecule has 0 saturated carbocycles. The van der Waals surface area contributed by atoms with Crippen LogP contribution in [0.4, 0.5) is 5.69 Å². The first-order valence-corrected chi connectivity index (χ1v) is 6.98. The zero-order valence-electron chi connectivity index (χ0n) is 8.20. The summed E-state index contributed by atoms with van der Waals surface area (Å²) in [6.07, 6.45) is 2.07. The Labute approximate surface area is 88.4 Å². The largest absolute Gasteiger partial charge is 0.319 e. The third kappa shape index (κ3) is 4.08. The lowest BCUT2D eigenvalue weighted by Crippen LogP contribution is -2.10. The predicted molar refractivity (Wildman–Crippen MR) is 60.4 cm³/mol. The Morgan fingerprint density at radius 2 is 2.21 bits per heavy atom. The lowest BCUT2D eigenvalue weighted by Gasteiger charge is -1.98. The molecule has 6 heteroatoms. The Morgan fingerprint density at radius 1 is 1.50 bits per heavy atom. The maximum Gasteiger partial charge on any atom is 0.229 e. The zero-order valence-corrected chi connectivity index (χ0v) is 9.83. The summed E-state index contributed by atoms with van der Waals surface area (Å²) < 4.78 is 24.3. The van der Waals surface area contributed by atoms with E-state index in [1.54, 1.807) is 11.3 Å². The molecule has 0 aromatic carbocycles. The van der Waals surface area contributed by atoms with Crippen LogP contribution in [0.25, 0.3) is 0 Å². The van der Waals surface area contributed by atoms with Crippen molar-refractivity contribution in [1.82, 2.24) is 5.32 Å². The molecule has 0 amide bonds. The smallest absolute Gasteiger partial charge is 0.229 e. The summed E-state index contributed by atoms with van der Waals surface area (Å²) >= 11 is 1.56. The Kier molecular flexibility index (Phi) is 3.91. The van der Waals surface area contributed by atoms with Gasteiger partial charge in [0.05, 0.1) is 11.9 Å². The van der Waals surface area contributed by atoms with Gasteiger partial charge in [-0.3, -0.25) is 4.72 Å². The van der Waals surface area contributed by atoms with Crippen LogP contribution in [0.5, 0.6) is 0 Å². The van der Waals surface area contributed by atoms with E-state index in [1.165, 1.54) is 4.88 Å². The standard InChI is InChI=1S/C8H14N2O2S2/c1-9-4-3-8-5-7(6-13-8)10-14(2,11)12/h5-6,9-10H,3-4H2,1-2H3. The van der Waals surface area contributed by atoms with Gasteiger partial charge >= 0.3 is 0 Å². The number of thiophene rings is 1. The SMILES string of the molecule is CNCCc1cc(NS(C)(=O)=O)cs1. The molecule has 1 aromatic rings. The minimum absolute atomic E-state index is 0.656. The summed E-state index contributed by atoms with van der Waals surface area (Å²) in [6, 6.07) is 1.86. The van der Waals surface area contributed by atoms with Gasteiger partial charge in [-0.2, -0.15) is 0 Å². The van der Waals surface area contributed by atoms with E-state index in [9.17, 15) is 8.42 Å². The summed E-state index contributed by atoms with van der Waals surface area (Å²) in [6.45, 7) is 0.902. The first-order valence-electron chi connectivity index (χ1n) is 4.21. The highest BCUT2D eigenvalue weighted by atomic mass is 32.2. The normalized spacial score (nSPS) is 11.6. The second kappa shape index (κ2) is 4.77. The van der Waals surface area contributed by atoms with Crippen molar-refractivity contribution < 1.29 is 8.42 Å². The van der Waals surface area contributed by atoms with E-state index < -0.39 is 10.0 Å². The lowest BCUT2D eigenvalue weighted by molar-refractivity contribution is 0.607. The maximum atomic E-state index is 10.9. The van der Waals surface area contributed by atoms with Crippen LogP contribution in [0.3, 0.4) is 0 Å². The molecule has 0 saturated heterocycles. The van der Waals surface area contributed by atoms with E-state index >= 15 is 0 Å². The van der Waals surface area contributed by atoms with Gasteiger partial charge in [0.2, 0.25) is 10.0 Å². The van der Waals surface area contributed by atoms with Crippen molar-refractivity contribution in [1.29, 1.82) is 0 Å². The van der Waals surface area contributed by atoms with E-state index in [0.29, 0.717) is 5.69 Å². The minimum atomic E-state index is -3.14. The molecular formula is C8H14N2O2S2. The molecule has 1 heterocycles. The molecule has 0 atom stereocenters. The van der Waals surface area contributed by atoms with Crippen LogP contribution < -0.4 is 10.0 Å². The van der Waals surface area contributed by atoms with Crippen LogP contribution in [0.15, 0.2) is 11.4 Å². The quantitative estimate of drug-likeness (QED) is 0.795. The summed E-state index contributed by atoms with van der Waals surface area (Å²) in [5, 5.41) is 4.85. The Balaban J connectivity index is 2.59. The number of anilines is 1. The van der Waals surface area contributed by atoms with Crippen molar-refractivity contribution >= 4 is 27.0 Å². The van der Waals surface area contributed by atoms with Gasteiger partial charge in [0.25, 0.3) is 0 Å². The Bertz CT molecular complexity index is 384. The molecule has 0 fully saturated rings. The molecule has 0 aliphatic carbocycles. The third-order valence-corrected chi connectivity index (χ3v) is 3.18. The molecule has 14 heavy (non-hydrogen) atoms. The Morgan fingerprint density at radius 3 is 2.79 bits per heavy atom. The number of hydrogen-bond donors (Lipinski definition) is 2. The molecule has 0 unspecified atom stereocenters. The van der Waals surface area contributed by atoms with Crippen LogP contribution in [0, 0.1) is 0 Å². The first-order chi connectivity index (χ1) is 6.51. The van der Waals surface area contributed by atoms with Crippen LogP contribution in [-0.4, -0.2) is 28.3 Å². The third-order valence-electron chi connectivity index (χ3n) is 1.58. The number of nitrogens with one attached hydrogen (secondary N) is 2. The van der Waals surface area contributed by atoms with Crippen LogP contribution >= 0.6 is 11.3 Å². The van der Waals surface area contributed by atoms with Gasteiger partial charge < -0.3 is 5.32 Å². The van der Waals surface area contributed by atoms with Crippen LogP contribution in [-0.2, 0) is 16.4 Å². The van der Waals surface area contributed by atoms with Crippen molar-refractivity contribution in [3.05, 3.63) is 16.3 Å². The van der Waals surface area contributed by atoms with Crippen LogP contribution in [0.1, 0.15) is 4.88 Å². The van der Waals surface area contributed by atoms with Gasteiger partial charge in [-0.15, -0.1) is 11.3 Å². The maximum absolute atomic E-state index is 10.9. The predicted octanol–water partition coefficient (Wildman–Crippen LogP) is 0.882. The molecule has 0 spiro atoms. The molecular weight excluding hydrogens is 220 g/mol. The second-order valence-electron chi connectivity index (χ2n) is 3.03. The summed E-state index contributed by atoms with van der Waals surface area (Å²) in [5.41, 5.74) is 0.656. The van der Waals surface area contributed by atoms with Crippen molar-refractivity contribution in [2.75, 3.05) is 24.6 Å². The highest BCUT2D eigenvalue weighted by Crippen LogP contribution is 2.20. The molecule has 0 aliphatic rings. The molecule has 2 N–H and O–H groups in total. The zero-order chi connectivity index (χ0) is 10.6. The van der Waals surface area contributed by atoms with Gasteiger partial charge in [-0.1, -0.05) is 0 Å². The van der Waals surface area contributed by atoms with Gasteiger partial charge in [-0.05, 0) is 26.1 Å². The molecule has 80 valence electrons. The molecule has 0 radical (unpaired) electrons. The van der Waals surface area contributed by atoms with Crippen molar-refractivity contribution in [2.24, 2.45) is 0 Å². The fourth-order valence-corrected chi connectivity index (χ4v) is 2.47. The fraction of sp³-hybridized carbons (Fsp3) is 0.500. The van der Waals surface area contributed by atoms with Gasteiger partial charge in [0.1, 0.15) is 0 Å². The topological polar surface area (TPSA) is 58.2 Å². The second-order valence-corrected chi connectivity index (χ2v) is 5.77. The summed E-state index contributed by atoms with van der Waals surface area (Å²) in [4.78, 5) is 1.17. The average molecular weight is 234 g/mol. The van der Waals surface area contributed by atoms with E-state index in [4.69, 9.17) is 0 Å². The van der Waals surface area contributed by atoms with Gasteiger partial charge in [-0.25, -0.2) is 8.42 Å². The van der Waals surface area contributed by atoms with Crippen molar-refractivity contribution in [3.8, 4) is 0 Å². The van der Waals surface area contributed by atoms with E-state index in [-0.39, 0.29) is 0 Å². The highest BCUT2D eigenvalue weighted by molar-refractivity contribution is 7.92. The van der Waals surface area contributed by atoms with Crippen molar-refractivity contribution in [3.63, 3.8) is 0 Å². The van der Waals surface area contributed by atoms with E-state index in [1.807, 2.05) is 18.5 Å².